The van der Waals surface area contributed by atoms with Gasteiger partial charge in [0.15, 0.2) is 11.5 Å². The second-order valence-corrected chi connectivity index (χ2v) is 2.88. The second kappa shape index (κ2) is 4.03. The highest BCUT2D eigenvalue weighted by molar-refractivity contribution is 5.53. The average molecular weight is 182 g/mol. The minimum Gasteiger partial charge on any atom is -0.504 e. The van der Waals surface area contributed by atoms with Crippen molar-refractivity contribution in [2.75, 3.05) is 7.11 Å². The molecular weight excluding hydrogens is 168 g/mol. The van der Waals surface area contributed by atoms with Gasteiger partial charge in [-0.25, -0.2) is 0 Å². The fourth-order valence-corrected chi connectivity index (χ4v) is 1.30. The number of benzene rings is 1. The molecule has 0 unspecified atom stereocenters. The van der Waals surface area contributed by atoms with Gasteiger partial charge < -0.3 is 14.9 Å². The fourth-order valence-electron chi connectivity index (χ4n) is 1.30. The zero-order valence-electron chi connectivity index (χ0n) is 7.87. The Bertz CT molecular complexity index is 294. The molecule has 0 heterocycles. The fraction of sp³-hybridized carbons (Fsp3) is 0.400. The molecule has 2 N–H and O–H groups in total. The van der Waals surface area contributed by atoms with E-state index in [9.17, 15) is 10.2 Å². The molecule has 0 saturated heterocycles. The molecule has 72 valence electrons. The van der Waals surface area contributed by atoms with Crippen molar-refractivity contribution in [2.45, 2.75) is 19.8 Å². The Labute approximate surface area is 77.6 Å². The molecule has 1 aromatic rings. The number of aryl methyl sites for hydroxylation is 1. The van der Waals surface area contributed by atoms with Crippen LogP contribution in [0.2, 0.25) is 0 Å². The zero-order valence-corrected chi connectivity index (χ0v) is 7.87. The van der Waals surface area contributed by atoms with Gasteiger partial charge >= 0.3 is 0 Å². The lowest BCUT2D eigenvalue weighted by molar-refractivity contribution is 0.347. The molecule has 0 amide bonds. The Kier molecular flexibility index (Phi) is 3.01. The van der Waals surface area contributed by atoms with Crippen molar-refractivity contribution in [3.63, 3.8) is 0 Å². The number of aromatic hydroxyl groups is 2. The van der Waals surface area contributed by atoms with Gasteiger partial charge in [-0.15, -0.1) is 0 Å². The van der Waals surface area contributed by atoms with Crippen LogP contribution in [-0.4, -0.2) is 17.3 Å². The van der Waals surface area contributed by atoms with E-state index in [1.165, 1.54) is 13.2 Å². The van der Waals surface area contributed by atoms with Crippen molar-refractivity contribution in [1.29, 1.82) is 0 Å². The van der Waals surface area contributed by atoms with E-state index < -0.39 is 0 Å². The lowest BCUT2D eigenvalue weighted by Gasteiger charge is -2.10. The Morgan fingerprint density at radius 2 is 2.00 bits per heavy atom. The summed E-state index contributed by atoms with van der Waals surface area (Å²) in [5.41, 5.74) is 0.917. The Morgan fingerprint density at radius 3 is 2.54 bits per heavy atom. The van der Waals surface area contributed by atoms with Crippen LogP contribution in [0.1, 0.15) is 18.9 Å². The summed E-state index contributed by atoms with van der Waals surface area (Å²) in [4.78, 5) is 0. The molecule has 0 fully saturated rings. The standard InChI is InChI=1S/C10H14O3/c1-3-4-7-5-6-8(11)9(12)10(7)13-2/h5-6,11-12H,3-4H2,1-2H3. The molecule has 1 aromatic carbocycles. The molecule has 1 rings (SSSR count). The number of rotatable bonds is 3. The maximum atomic E-state index is 9.43. The predicted octanol–water partition coefficient (Wildman–Crippen LogP) is 2.06. The summed E-state index contributed by atoms with van der Waals surface area (Å²) in [7, 11) is 1.48. The predicted molar refractivity (Wildman–Crippen MR) is 50.3 cm³/mol. The van der Waals surface area contributed by atoms with Gasteiger partial charge in [0.2, 0.25) is 5.75 Å². The number of hydrogen-bond acceptors (Lipinski definition) is 3. The zero-order chi connectivity index (χ0) is 9.84. The van der Waals surface area contributed by atoms with Crippen LogP contribution in [0.5, 0.6) is 17.2 Å². The highest BCUT2D eigenvalue weighted by Crippen LogP contribution is 2.38. The van der Waals surface area contributed by atoms with E-state index in [1.54, 1.807) is 6.07 Å². The van der Waals surface area contributed by atoms with E-state index in [-0.39, 0.29) is 11.5 Å². The highest BCUT2D eigenvalue weighted by atomic mass is 16.5. The maximum absolute atomic E-state index is 9.43. The summed E-state index contributed by atoms with van der Waals surface area (Å²) >= 11 is 0. The Morgan fingerprint density at radius 1 is 1.31 bits per heavy atom. The van der Waals surface area contributed by atoms with E-state index in [0.717, 1.165) is 18.4 Å². The van der Waals surface area contributed by atoms with Crippen LogP contribution < -0.4 is 4.74 Å². The number of methoxy groups -OCH3 is 1. The van der Waals surface area contributed by atoms with Crippen molar-refractivity contribution < 1.29 is 14.9 Å². The number of hydrogen-bond donors (Lipinski definition) is 2. The molecule has 0 atom stereocenters. The highest BCUT2D eigenvalue weighted by Gasteiger charge is 2.11. The van der Waals surface area contributed by atoms with Gasteiger partial charge in [-0.2, -0.15) is 0 Å². The molecule has 3 heteroatoms. The summed E-state index contributed by atoms with van der Waals surface area (Å²) < 4.78 is 5.00. The van der Waals surface area contributed by atoms with E-state index >= 15 is 0 Å². The van der Waals surface area contributed by atoms with Crippen LogP contribution in [0.4, 0.5) is 0 Å². The third kappa shape index (κ3) is 1.86. The Balaban J connectivity index is 3.13. The smallest absolute Gasteiger partial charge is 0.200 e. The minimum atomic E-state index is -0.173. The largest absolute Gasteiger partial charge is 0.504 e. The van der Waals surface area contributed by atoms with Gasteiger partial charge in [-0.05, 0) is 18.1 Å². The van der Waals surface area contributed by atoms with E-state index in [4.69, 9.17) is 4.74 Å². The van der Waals surface area contributed by atoms with Crippen LogP contribution in [-0.2, 0) is 6.42 Å². The van der Waals surface area contributed by atoms with Gasteiger partial charge in [-0.3, -0.25) is 0 Å². The number of ether oxygens (including phenoxy) is 1. The normalized spacial score (nSPS) is 10.0. The summed E-state index contributed by atoms with van der Waals surface area (Å²) in [6.45, 7) is 2.04. The maximum Gasteiger partial charge on any atom is 0.200 e. The number of phenolic OH excluding ortho intramolecular Hbond substituents is 2. The summed E-state index contributed by atoms with van der Waals surface area (Å²) in [5.74, 6) is 0.0620. The minimum absolute atomic E-state index is 0.142. The van der Waals surface area contributed by atoms with Crippen LogP contribution in [0, 0.1) is 0 Å². The van der Waals surface area contributed by atoms with Gasteiger partial charge in [-0.1, -0.05) is 19.4 Å². The average Bonchev–Trinajstić information content (AvgIpc) is 2.12. The first-order chi connectivity index (χ1) is 6.20. The van der Waals surface area contributed by atoms with Gasteiger partial charge in [0.1, 0.15) is 0 Å². The molecule has 3 nitrogen and oxygen atoms in total. The van der Waals surface area contributed by atoms with Crippen molar-refractivity contribution in [3.8, 4) is 17.2 Å². The van der Waals surface area contributed by atoms with Crippen LogP contribution in [0.3, 0.4) is 0 Å². The van der Waals surface area contributed by atoms with E-state index in [0.29, 0.717) is 5.75 Å². The quantitative estimate of drug-likeness (QED) is 0.703. The second-order valence-electron chi connectivity index (χ2n) is 2.88. The SMILES string of the molecule is CCCc1ccc(O)c(O)c1OC. The monoisotopic (exact) mass is 182 g/mol. The van der Waals surface area contributed by atoms with E-state index in [1.807, 2.05) is 6.92 Å². The molecule has 0 aliphatic rings. The molecule has 0 spiro atoms. The number of phenols is 2. The molecule has 0 aliphatic carbocycles. The Hall–Kier alpha value is -1.38. The van der Waals surface area contributed by atoms with Gasteiger partial charge in [0.25, 0.3) is 0 Å². The lowest BCUT2D eigenvalue weighted by atomic mass is 10.1. The topological polar surface area (TPSA) is 49.7 Å². The van der Waals surface area contributed by atoms with Gasteiger partial charge in [0, 0.05) is 0 Å². The molecule has 0 aliphatic heterocycles. The molecule has 0 saturated carbocycles. The van der Waals surface area contributed by atoms with Crippen molar-refractivity contribution in [3.05, 3.63) is 17.7 Å². The third-order valence-electron chi connectivity index (χ3n) is 1.92. The first kappa shape index (κ1) is 9.71. The van der Waals surface area contributed by atoms with Crippen molar-refractivity contribution in [1.82, 2.24) is 0 Å². The molecular formula is C10H14O3. The molecule has 0 bridgehead atoms. The summed E-state index contributed by atoms with van der Waals surface area (Å²) in [6, 6.07) is 3.24. The van der Waals surface area contributed by atoms with Crippen molar-refractivity contribution >= 4 is 0 Å². The van der Waals surface area contributed by atoms with Crippen LogP contribution in [0.25, 0.3) is 0 Å². The van der Waals surface area contributed by atoms with Crippen molar-refractivity contribution in [2.24, 2.45) is 0 Å². The van der Waals surface area contributed by atoms with Crippen LogP contribution >= 0.6 is 0 Å². The van der Waals surface area contributed by atoms with E-state index in [2.05, 4.69) is 0 Å². The summed E-state index contributed by atoms with van der Waals surface area (Å²) in [6.07, 6.45) is 1.80. The summed E-state index contributed by atoms with van der Waals surface area (Å²) in [5, 5.41) is 18.6. The van der Waals surface area contributed by atoms with Crippen LogP contribution in [0.15, 0.2) is 12.1 Å². The first-order valence-corrected chi connectivity index (χ1v) is 4.28. The molecule has 0 radical (unpaired) electrons. The first-order valence-electron chi connectivity index (χ1n) is 4.28. The lowest BCUT2D eigenvalue weighted by Crippen LogP contribution is -1.92. The molecule has 13 heavy (non-hydrogen) atoms. The van der Waals surface area contributed by atoms with Gasteiger partial charge in [0.05, 0.1) is 7.11 Å². The third-order valence-corrected chi connectivity index (χ3v) is 1.92. The molecule has 0 aromatic heterocycles.